The number of para-hydroxylation sites is 2. The Morgan fingerprint density at radius 1 is 0.800 bits per heavy atom. The van der Waals surface area contributed by atoms with Gasteiger partial charge in [0.25, 0.3) is 0 Å². The normalized spacial score (nSPS) is 11.3. The third kappa shape index (κ3) is 4.56. The van der Waals surface area contributed by atoms with Gasteiger partial charge in [0.05, 0.1) is 16.5 Å². The Morgan fingerprint density at radius 3 is 1.52 bits per heavy atom. The van der Waals surface area contributed by atoms with Crippen LogP contribution in [0.25, 0.3) is 21.8 Å². The number of benzene rings is 2. The minimum Gasteiger partial charge on any atom is -0.371 e. The minimum absolute atomic E-state index is 1.03. The number of hydrogen-bond donors (Lipinski definition) is 0. The van der Waals surface area contributed by atoms with Crippen molar-refractivity contribution in [3.05, 3.63) is 48.5 Å². The number of fused-ring (bicyclic) bond motifs is 2. The van der Waals surface area contributed by atoms with Crippen molar-refractivity contribution in [1.29, 1.82) is 0 Å². The summed E-state index contributed by atoms with van der Waals surface area (Å²) in [6.45, 7) is 6.50. The Labute approximate surface area is 148 Å². The number of aryl methyl sites for hydroxylation is 1. The van der Waals surface area contributed by atoms with Gasteiger partial charge in [0, 0.05) is 25.2 Å². The lowest BCUT2D eigenvalue weighted by Gasteiger charge is -2.23. The first-order valence-electron chi connectivity index (χ1n) is 7.94. The van der Waals surface area contributed by atoms with E-state index in [1.165, 1.54) is 27.5 Å². The Kier molecular flexibility index (Phi) is 6.16. The molecule has 2 aromatic carbocycles. The first kappa shape index (κ1) is 19.4. The number of aromatic nitrogens is 1. The summed E-state index contributed by atoms with van der Waals surface area (Å²) in [4.78, 5) is 2.45. The first-order chi connectivity index (χ1) is 11.8. The highest BCUT2D eigenvalue weighted by Crippen LogP contribution is 2.32. The SMILES string of the molecule is CCN(CC)c1c2ccccc2[n+](C)c2ccccc12.[O-][Cl+3]([O-])([O-])[O-]. The van der Waals surface area contributed by atoms with Gasteiger partial charge < -0.3 is 4.90 Å². The van der Waals surface area contributed by atoms with Crippen LogP contribution in [0, 0.1) is 10.2 Å². The van der Waals surface area contributed by atoms with E-state index in [0.29, 0.717) is 0 Å². The number of rotatable bonds is 3. The number of anilines is 1. The summed E-state index contributed by atoms with van der Waals surface area (Å²) in [6, 6.07) is 17.4. The van der Waals surface area contributed by atoms with Crippen LogP contribution in [0.15, 0.2) is 48.5 Å². The fourth-order valence-corrected chi connectivity index (χ4v) is 3.09. The van der Waals surface area contributed by atoms with Crippen molar-refractivity contribution in [3.63, 3.8) is 0 Å². The Bertz CT molecular complexity index is 798. The molecule has 0 fully saturated rings. The molecule has 0 aliphatic heterocycles. The maximum absolute atomic E-state index is 8.49. The van der Waals surface area contributed by atoms with Gasteiger partial charge in [-0.15, -0.1) is 10.2 Å². The molecular formula is C18H21ClN2O4. The number of hydrogen-bond acceptors (Lipinski definition) is 5. The molecule has 0 saturated carbocycles. The third-order valence-corrected chi connectivity index (χ3v) is 4.12. The molecule has 0 atom stereocenters. The van der Waals surface area contributed by atoms with Crippen LogP contribution < -0.4 is 28.1 Å². The van der Waals surface area contributed by atoms with Gasteiger partial charge >= 0.3 is 0 Å². The van der Waals surface area contributed by atoms with Crippen molar-refractivity contribution >= 4 is 27.5 Å². The maximum Gasteiger partial charge on any atom is 0.214 e. The van der Waals surface area contributed by atoms with E-state index in [9.17, 15) is 0 Å². The highest BCUT2D eigenvalue weighted by atomic mass is 35.7. The zero-order chi connectivity index (χ0) is 18.6. The average Bonchev–Trinajstić information content (AvgIpc) is 2.57. The number of pyridine rings is 1. The summed E-state index contributed by atoms with van der Waals surface area (Å²) in [6.07, 6.45) is 0. The molecule has 3 aromatic rings. The van der Waals surface area contributed by atoms with Crippen LogP contribution >= 0.6 is 0 Å². The molecule has 0 saturated heterocycles. The fraction of sp³-hybridized carbons (Fsp3) is 0.278. The standard InChI is InChI=1S/C18H21N2.ClHO4/c1-4-20(5-2)18-14-10-6-8-12-16(14)19(3)17-13-9-7-11-15(17)18;2-1(3,4)5/h6-13H,4-5H2,1-3H3;(H,2,3,4,5)/q+1;/p-1. The van der Waals surface area contributed by atoms with Crippen molar-refractivity contribution < 1.29 is 33.4 Å². The molecule has 0 radical (unpaired) electrons. The van der Waals surface area contributed by atoms with Crippen LogP contribution in [0.1, 0.15) is 13.8 Å². The van der Waals surface area contributed by atoms with Crippen LogP contribution in [0.2, 0.25) is 0 Å². The molecule has 1 aromatic heterocycles. The highest BCUT2D eigenvalue weighted by Gasteiger charge is 2.19. The molecule has 3 rings (SSSR count). The summed E-state index contributed by atoms with van der Waals surface area (Å²) >= 11 is 0. The van der Waals surface area contributed by atoms with E-state index in [1.54, 1.807) is 0 Å². The zero-order valence-electron chi connectivity index (χ0n) is 14.4. The molecule has 0 unspecified atom stereocenters. The molecule has 25 heavy (non-hydrogen) atoms. The average molecular weight is 365 g/mol. The van der Waals surface area contributed by atoms with Crippen molar-refractivity contribution in [2.24, 2.45) is 7.05 Å². The zero-order valence-corrected chi connectivity index (χ0v) is 15.2. The summed E-state index contributed by atoms with van der Waals surface area (Å²) in [7, 11) is -2.79. The van der Waals surface area contributed by atoms with E-state index in [2.05, 4.69) is 78.9 Å². The van der Waals surface area contributed by atoms with Crippen molar-refractivity contribution in [2.75, 3.05) is 18.0 Å². The molecule has 0 aliphatic rings. The summed E-state index contributed by atoms with van der Waals surface area (Å²) in [5.41, 5.74) is 3.93. The third-order valence-electron chi connectivity index (χ3n) is 4.12. The molecule has 134 valence electrons. The van der Waals surface area contributed by atoms with Gasteiger partial charge in [0.2, 0.25) is 11.0 Å². The lowest BCUT2D eigenvalue weighted by molar-refractivity contribution is -2.00. The lowest BCUT2D eigenvalue weighted by atomic mass is 10.1. The second kappa shape index (κ2) is 7.95. The Hall–Kier alpha value is -1.96. The molecule has 7 heteroatoms. The van der Waals surface area contributed by atoms with Gasteiger partial charge in [-0.2, -0.15) is 4.57 Å². The van der Waals surface area contributed by atoms with Crippen molar-refractivity contribution in [2.45, 2.75) is 13.8 Å². The molecule has 1 heterocycles. The molecule has 0 aliphatic carbocycles. The van der Waals surface area contributed by atoms with Crippen LogP contribution in [0.4, 0.5) is 5.69 Å². The Morgan fingerprint density at radius 2 is 1.16 bits per heavy atom. The summed E-state index contributed by atoms with van der Waals surface area (Å²) in [5, 5.41) is 2.66. The quantitative estimate of drug-likeness (QED) is 0.434. The predicted octanol–water partition coefficient (Wildman–Crippen LogP) is -1.09. The monoisotopic (exact) mass is 364 g/mol. The van der Waals surface area contributed by atoms with E-state index < -0.39 is 10.2 Å². The minimum atomic E-state index is -4.94. The van der Waals surface area contributed by atoms with Gasteiger partial charge in [0.15, 0.2) is 0 Å². The molecule has 0 amide bonds. The van der Waals surface area contributed by atoms with Crippen LogP contribution in [0.5, 0.6) is 0 Å². The molecular weight excluding hydrogens is 344 g/mol. The van der Waals surface area contributed by atoms with Gasteiger partial charge in [-0.1, -0.05) is 24.3 Å². The molecule has 0 N–H and O–H groups in total. The van der Waals surface area contributed by atoms with E-state index in [4.69, 9.17) is 18.6 Å². The van der Waals surface area contributed by atoms with E-state index in [1.807, 2.05) is 0 Å². The number of halogens is 1. The topological polar surface area (TPSA) is 99.4 Å². The second-order valence-corrected chi connectivity index (χ2v) is 6.25. The van der Waals surface area contributed by atoms with Gasteiger partial charge in [-0.3, -0.25) is 0 Å². The fourth-order valence-electron chi connectivity index (χ4n) is 3.09. The van der Waals surface area contributed by atoms with Crippen LogP contribution in [-0.4, -0.2) is 13.1 Å². The van der Waals surface area contributed by atoms with E-state index >= 15 is 0 Å². The largest absolute Gasteiger partial charge is 0.371 e. The van der Waals surface area contributed by atoms with Crippen molar-refractivity contribution in [1.82, 2.24) is 0 Å². The van der Waals surface area contributed by atoms with E-state index in [0.717, 1.165) is 13.1 Å². The smallest absolute Gasteiger partial charge is 0.214 e. The first-order valence-corrected chi connectivity index (χ1v) is 9.17. The van der Waals surface area contributed by atoms with Gasteiger partial charge in [0.1, 0.15) is 7.05 Å². The number of nitrogens with zero attached hydrogens (tertiary/aromatic N) is 2. The predicted molar refractivity (Wildman–Crippen MR) is 86.2 cm³/mol. The van der Waals surface area contributed by atoms with E-state index in [-0.39, 0.29) is 0 Å². The highest BCUT2D eigenvalue weighted by molar-refractivity contribution is 6.05. The van der Waals surface area contributed by atoms with Gasteiger partial charge in [-0.05, 0) is 26.0 Å². The molecule has 0 spiro atoms. The van der Waals surface area contributed by atoms with Crippen LogP contribution in [-0.2, 0) is 7.05 Å². The van der Waals surface area contributed by atoms with Gasteiger partial charge in [-0.25, -0.2) is 18.6 Å². The summed E-state index contributed by atoms with van der Waals surface area (Å²) < 4.78 is 36.3. The second-order valence-electron chi connectivity index (χ2n) is 5.49. The molecule has 6 nitrogen and oxygen atoms in total. The Balaban J connectivity index is 0.000000399. The lowest BCUT2D eigenvalue weighted by Crippen LogP contribution is -2.68. The van der Waals surface area contributed by atoms with Crippen molar-refractivity contribution in [3.8, 4) is 0 Å². The molecule has 0 bridgehead atoms. The maximum atomic E-state index is 8.49. The van der Waals surface area contributed by atoms with Crippen LogP contribution in [0.3, 0.4) is 0 Å². The summed E-state index contributed by atoms with van der Waals surface area (Å²) in [5.74, 6) is 0.